The molecule has 0 bridgehead atoms. The van der Waals surface area contributed by atoms with Gasteiger partial charge in [-0.1, -0.05) is 12.1 Å². The van der Waals surface area contributed by atoms with Crippen molar-refractivity contribution in [3.63, 3.8) is 0 Å². The van der Waals surface area contributed by atoms with E-state index >= 15 is 0 Å². The largest absolute Gasteiger partial charge is 0.494 e. The molecule has 1 atom stereocenters. The summed E-state index contributed by atoms with van der Waals surface area (Å²) in [7, 11) is 0. The number of benzene rings is 1. The summed E-state index contributed by atoms with van der Waals surface area (Å²) in [5.41, 5.74) is 8.22. The third-order valence-electron chi connectivity index (χ3n) is 2.95. The summed E-state index contributed by atoms with van der Waals surface area (Å²) in [5.74, 6) is 1.59. The minimum absolute atomic E-state index is 0.224. The molecule has 0 aliphatic rings. The van der Waals surface area contributed by atoms with Crippen LogP contribution in [0, 0.1) is 0 Å². The van der Waals surface area contributed by atoms with Crippen molar-refractivity contribution in [2.24, 2.45) is 5.73 Å². The Kier molecular flexibility index (Phi) is 4.96. The number of hydrogen-bond acceptors (Lipinski definition) is 4. The molecule has 1 heterocycles. The van der Waals surface area contributed by atoms with Crippen LogP contribution in [0.3, 0.4) is 0 Å². The number of aromatic nitrogens is 1. The second-order valence-electron chi connectivity index (χ2n) is 4.37. The first-order chi connectivity index (χ1) is 9.74. The van der Waals surface area contributed by atoms with E-state index in [0.717, 1.165) is 22.6 Å². The molecule has 0 saturated heterocycles. The molecule has 106 valence electrons. The van der Waals surface area contributed by atoms with E-state index in [1.165, 1.54) is 0 Å². The van der Waals surface area contributed by atoms with Crippen LogP contribution < -0.4 is 15.2 Å². The maximum atomic E-state index is 6.27. The number of nitrogens with zero attached hydrogens (tertiary/aromatic N) is 1. The molecule has 0 fully saturated rings. The Morgan fingerprint density at radius 2 is 1.60 bits per heavy atom. The van der Waals surface area contributed by atoms with E-state index in [9.17, 15) is 0 Å². The topological polar surface area (TPSA) is 57.4 Å². The lowest BCUT2D eigenvalue weighted by Gasteiger charge is -2.14. The second kappa shape index (κ2) is 6.91. The van der Waals surface area contributed by atoms with Crippen molar-refractivity contribution in [3.8, 4) is 11.5 Å². The summed E-state index contributed by atoms with van der Waals surface area (Å²) in [6, 6.07) is 9.51. The minimum atomic E-state index is -0.224. The van der Waals surface area contributed by atoms with Crippen LogP contribution in [0.1, 0.15) is 31.0 Å². The predicted octanol–water partition coefficient (Wildman–Crippen LogP) is 2.93. The standard InChI is InChI=1S/C16H20N2O2/c1-3-19-14-7-5-12(6-8-14)16(17)13-9-15(20-4-2)11-18-10-13/h5-11,16H,3-4,17H2,1-2H3. The van der Waals surface area contributed by atoms with Crippen LogP contribution in [0.5, 0.6) is 11.5 Å². The predicted molar refractivity (Wildman–Crippen MR) is 79.0 cm³/mol. The fraction of sp³-hybridized carbons (Fsp3) is 0.312. The lowest BCUT2D eigenvalue weighted by atomic mass is 10.0. The van der Waals surface area contributed by atoms with Crippen LogP contribution in [0.4, 0.5) is 0 Å². The van der Waals surface area contributed by atoms with Gasteiger partial charge in [-0.15, -0.1) is 0 Å². The Bertz CT molecular complexity index is 540. The lowest BCUT2D eigenvalue weighted by molar-refractivity contribution is 0.338. The average Bonchev–Trinajstić information content (AvgIpc) is 2.48. The summed E-state index contributed by atoms with van der Waals surface area (Å²) in [6.45, 7) is 5.18. The number of rotatable bonds is 6. The quantitative estimate of drug-likeness (QED) is 0.878. The highest BCUT2D eigenvalue weighted by molar-refractivity contribution is 5.36. The highest BCUT2D eigenvalue weighted by atomic mass is 16.5. The van der Waals surface area contributed by atoms with Crippen LogP contribution in [-0.2, 0) is 0 Å². The molecule has 0 amide bonds. The van der Waals surface area contributed by atoms with E-state index in [-0.39, 0.29) is 6.04 Å². The molecule has 1 unspecified atom stereocenters. The Morgan fingerprint density at radius 3 is 2.25 bits per heavy atom. The van der Waals surface area contributed by atoms with Gasteiger partial charge < -0.3 is 15.2 Å². The Labute approximate surface area is 119 Å². The molecule has 2 N–H and O–H groups in total. The molecular formula is C16H20N2O2. The summed E-state index contributed by atoms with van der Waals surface area (Å²) >= 11 is 0. The van der Waals surface area contributed by atoms with E-state index in [0.29, 0.717) is 13.2 Å². The van der Waals surface area contributed by atoms with Crippen molar-refractivity contribution in [1.82, 2.24) is 4.98 Å². The fourth-order valence-corrected chi connectivity index (χ4v) is 1.98. The minimum Gasteiger partial charge on any atom is -0.494 e. The highest BCUT2D eigenvalue weighted by Crippen LogP contribution is 2.24. The normalized spacial score (nSPS) is 11.9. The van der Waals surface area contributed by atoms with Gasteiger partial charge in [-0.25, -0.2) is 0 Å². The molecule has 1 aromatic heterocycles. The van der Waals surface area contributed by atoms with Crippen LogP contribution in [-0.4, -0.2) is 18.2 Å². The third kappa shape index (κ3) is 3.48. The van der Waals surface area contributed by atoms with E-state index in [1.54, 1.807) is 12.4 Å². The number of hydrogen-bond donors (Lipinski definition) is 1. The van der Waals surface area contributed by atoms with E-state index in [4.69, 9.17) is 15.2 Å². The molecule has 4 nitrogen and oxygen atoms in total. The van der Waals surface area contributed by atoms with Gasteiger partial charge in [0.2, 0.25) is 0 Å². The molecule has 0 saturated carbocycles. The van der Waals surface area contributed by atoms with Gasteiger partial charge in [0.05, 0.1) is 25.5 Å². The Morgan fingerprint density at radius 1 is 0.950 bits per heavy atom. The van der Waals surface area contributed by atoms with Gasteiger partial charge in [0.1, 0.15) is 11.5 Å². The van der Waals surface area contributed by atoms with E-state index < -0.39 is 0 Å². The number of ether oxygens (including phenoxy) is 2. The maximum absolute atomic E-state index is 6.27. The van der Waals surface area contributed by atoms with Crippen molar-refractivity contribution in [2.75, 3.05) is 13.2 Å². The summed E-state index contributed by atoms with van der Waals surface area (Å²) in [4.78, 5) is 4.17. The van der Waals surface area contributed by atoms with Gasteiger partial charge in [-0.05, 0) is 43.2 Å². The van der Waals surface area contributed by atoms with Gasteiger partial charge in [0.15, 0.2) is 0 Å². The van der Waals surface area contributed by atoms with Crippen LogP contribution in [0.15, 0.2) is 42.7 Å². The molecule has 0 spiro atoms. The van der Waals surface area contributed by atoms with Gasteiger partial charge in [-0.3, -0.25) is 4.98 Å². The molecular weight excluding hydrogens is 252 g/mol. The first-order valence-electron chi connectivity index (χ1n) is 6.80. The molecule has 2 rings (SSSR count). The Balaban J connectivity index is 2.17. The second-order valence-corrected chi connectivity index (χ2v) is 4.37. The van der Waals surface area contributed by atoms with Gasteiger partial charge in [0, 0.05) is 6.20 Å². The van der Waals surface area contributed by atoms with Crippen molar-refractivity contribution in [1.29, 1.82) is 0 Å². The molecule has 0 aliphatic carbocycles. The monoisotopic (exact) mass is 272 g/mol. The smallest absolute Gasteiger partial charge is 0.137 e. The lowest BCUT2D eigenvalue weighted by Crippen LogP contribution is -2.12. The molecule has 2 aromatic rings. The first kappa shape index (κ1) is 14.3. The zero-order chi connectivity index (χ0) is 14.4. The van der Waals surface area contributed by atoms with Crippen molar-refractivity contribution < 1.29 is 9.47 Å². The van der Waals surface area contributed by atoms with Crippen molar-refractivity contribution >= 4 is 0 Å². The van der Waals surface area contributed by atoms with Crippen molar-refractivity contribution in [3.05, 3.63) is 53.9 Å². The van der Waals surface area contributed by atoms with Crippen LogP contribution in [0.2, 0.25) is 0 Å². The Hall–Kier alpha value is -2.07. The third-order valence-corrected chi connectivity index (χ3v) is 2.95. The number of nitrogens with two attached hydrogens (primary N) is 1. The van der Waals surface area contributed by atoms with Gasteiger partial charge in [0.25, 0.3) is 0 Å². The van der Waals surface area contributed by atoms with Gasteiger partial charge in [-0.2, -0.15) is 0 Å². The van der Waals surface area contributed by atoms with Gasteiger partial charge >= 0.3 is 0 Å². The summed E-state index contributed by atoms with van der Waals surface area (Å²) in [6.07, 6.45) is 3.46. The molecule has 20 heavy (non-hydrogen) atoms. The molecule has 0 radical (unpaired) electrons. The highest BCUT2D eigenvalue weighted by Gasteiger charge is 2.10. The summed E-state index contributed by atoms with van der Waals surface area (Å²) in [5, 5.41) is 0. The molecule has 4 heteroatoms. The SMILES string of the molecule is CCOc1ccc(C(N)c2cncc(OCC)c2)cc1. The molecule has 0 aliphatic heterocycles. The maximum Gasteiger partial charge on any atom is 0.137 e. The molecule has 1 aromatic carbocycles. The summed E-state index contributed by atoms with van der Waals surface area (Å²) < 4.78 is 10.9. The van der Waals surface area contributed by atoms with E-state index in [1.807, 2.05) is 44.2 Å². The van der Waals surface area contributed by atoms with E-state index in [2.05, 4.69) is 4.98 Å². The van der Waals surface area contributed by atoms with Crippen molar-refractivity contribution in [2.45, 2.75) is 19.9 Å². The average molecular weight is 272 g/mol. The zero-order valence-corrected chi connectivity index (χ0v) is 11.9. The zero-order valence-electron chi connectivity index (χ0n) is 11.9. The fourth-order valence-electron chi connectivity index (χ4n) is 1.98. The van der Waals surface area contributed by atoms with Crippen LogP contribution >= 0.6 is 0 Å². The van der Waals surface area contributed by atoms with Crippen LogP contribution in [0.25, 0.3) is 0 Å². The first-order valence-corrected chi connectivity index (χ1v) is 6.80. The number of pyridine rings is 1.